The van der Waals surface area contributed by atoms with Gasteiger partial charge in [0, 0.05) is 37.3 Å². The van der Waals surface area contributed by atoms with Crippen LogP contribution in [-0.4, -0.2) is 62.3 Å². The molecular weight excluding hydrogens is 384 g/mol. The fourth-order valence-electron chi connectivity index (χ4n) is 3.65. The molecule has 3 heterocycles. The number of benzene rings is 2. The smallest absolute Gasteiger partial charge is 0.257 e. The van der Waals surface area contributed by atoms with E-state index in [0.717, 1.165) is 25.1 Å². The maximum atomic E-state index is 12.9. The highest BCUT2D eigenvalue weighted by atomic mass is 16.6. The highest BCUT2D eigenvalue weighted by Gasteiger charge is 2.22. The number of nitrogens with zero attached hydrogens (tertiary/aromatic N) is 6. The second-order valence-corrected chi connectivity index (χ2v) is 7.27. The summed E-state index contributed by atoms with van der Waals surface area (Å²) >= 11 is 0. The van der Waals surface area contributed by atoms with Gasteiger partial charge in [-0.25, -0.2) is 4.63 Å². The van der Waals surface area contributed by atoms with Gasteiger partial charge in [0.2, 0.25) is 0 Å². The molecule has 1 saturated heterocycles. The minimum Gasteiger partial charge on any atom is -0.337 e. The van der Waals surface area contributed by atoms with E-state index in [4.69, 9.17) is 9.15 Å². The number of aromatic nitrogens is 4. The third-order valence-corrected chi connectivity index (χ3v) is 5.23. The molecule has 0 spiro atoms. The maximum Gasteiger partial charge on any atom is 0.257 e. The number of carbonyl (C=O) groups is 1. The molecule has 4 aromatic rings. The van der Waals surface area contributed by atoms with E-state index >= 15 is 0 Å². The van der Waals surface area contributed by atoms with Crippen LogP contribution in [0.1, 0.15) is 22.6 Å². The number of hydrogen-bond acceptors (Lipinski definition) is 8. The van der Waals surface area contributed by atoms with Crippen molar-refractivity contribution in [2.75, 3.05) is 26.2 Å². The third kappa shape index (κ3) is 3.79. The molecule has 5 rings (SSSR count). The minimum absolute atomic E-state index is 0.00678. The average molecular weight is 404 g/mol. The van der Waals surface area contributed by atoms with Crippen molar-refractivity contribution in [2.45, 2.75) is 13.0 Å². The van der Waals surface area contributed by atoms with Gasteiger partial charge in [-0.1, -0.05) is 23.4 Å². The number of carbonyl (C=O) groups excluding carboxylic acids is 1. The highest BCUT2D eigenvalue weighted by molar-refractivity contribution is 5.97. The zero-order valence-electron chi connectivity index (χ0n) is 16.3. The molecule has 30 heavy (non-hydrogen) atoms. The summed E-state index contributed by atoms with van der Waals surface area (Å²) in [5, 5.41) is 11.7. The SMILES string of the molecule is O=C(c1ccc2nonc2c1)N1CCCN(Cc2noc(-c3ccccc3)n2)CC1. The predicted molar refractivity (Wildman–Crippen MR) is 107 cm³/mol. The standard InChI is InChI=1S/C21H20N6O3/c28-21(16-7-8-17-18(13-16)24-30-23-17)27-10-4-9-26(11-12-27)14-19-22-20(29-25-19)15-5-2-1-3-6-15/h1-3,5-8,13H,4,9-12,14H2. The van der Waals surface area contributed by atoms with Gasteiger partial charge in [-0.3, -0.25) is 9.69 Å². The number of amides is 1. The first kappa shape index (κ1) is 18.4. The van der Waals surface area contributed by atoms with Crippen molar-refractivity contribution in [2.24, 2.45) is 0 Å². The molecular formula is C21H20N6O3. The van der Waals surface area contributed by atoms with E-state index in [2.05, 4.69) is 25.4 Å². The molecule has 0 saturated carbocycles. The van der Waals surface area contributed by atoms with Gasteiger partial charge in [-0.15, -0.1) is 0 Å². The fraction of sp³-hybridized carbons (Fsp3) is 0.286. The van der Waals surface area contributed by atoms with Gasteiger partial charge in [0.1, 0.15) is 11.0 Å². The van der Waals surface area contributed by atoms with Crippen molar-refractivity contribution >= 4 is 16.9 Å². The molecule has 1 fully saturated rings. The summed E-state index contributed by atoms with van der Waals surface area (Å²) in [5.41, 5.74) is 2.73. The lowest BCUT2D eigenvalue weighted by Gasteiger charge is -2.21. The van der Waals surface area contributed by atoms with E-state index in [-0.39, 0.29) is 5.91 Å². The Bertz CT molecular complexity index is 1160. The number of rotatable bonds is 4. The fourth-order valence-corrected chi connectivity index (χ4v) is 3.65. The maximum absolute atomic E-state index is 12.9. The summed E-state index contributed by atoms with van der Waals surface area (Å²) in [6.45, 7) is 3.54. The molecule has 1 aliphatic rings. The summed E-state index contributed by atoms with van der Waals surface area (Å²) in [6.07, 6.45) is 0.878. The predicted octanol–water partition coefficient (Wildman–Crippen LogP) is 2.62. The molecule has 0 radical (unpaired) electrons. The van der Waals surface area contributed by atoms with Crippen molar-refractivity contribution in [3.8, 4) is 11.5 Å². The first-order chi connectivity index (χ1) is 14.8. The number of hydrogen-bond donors (Lipinski definition) is 0. The quantitative estimate of drug-likeness (QED) is 0.512. The van der Waals surface area contributed by atoms with E-state index in [1.165, 1.54) is 0 Å². The van der Waals surface area contributed by atoms with Crippen molar-refractivity contribution in [3.05, 3.63) is 59.9 Å². The van der Waals surface area contributed by atoms with Gasteiger partial charge in [0.25, 0.3) is 11.8 Å². The van der Waals surface area contributed by atoms with Crippen LogP contribution in [0.25, 0.3) is 22.5 Å². The zero-order chi connectivity index (χ0) is 20.3. The second-order valence-electron chi connectivity index (χ2n) is 7.27. The van der Waals surface area contributed by atoms with Crippen LogP contribution in [0.4, 0.5) is 0 Å². The molecule has 152 valence electrons. The summed E-state index contributed by atoms with van der Waals surface area (Å²) in [6, 6.07) is 15.0. The van der Waals surface area contributed by atoms with Crippen LogP contribution in [0.2, 0.25) is 0 Å². The summed E-state index contributed by atoms with van der Waals surface area (Å²) in [5.74, 6) is 1.17. The molecule has 0 aliphatic carbocycles. The first-order valence-corrected chi connectivity index (χ1v) is 9.88. The van der Waals surface area contributed by atoms with Crippen LogP contribution in [0, 0.1) is 0 Å². The molecule has 2 aromatic heterocycles. The second kappa shape index (κ2) is 8.03. The Labute approximate surface area is 172 Å². The van der Waals surface area contributed by atoms with E-state index < -0.39 is 0 Å². The van der Waals surface area contributed by atoms with Gasteiger partial charge in [-0.2, -0.15) is 4.98 Å². The van der Waals surface area contributed by atoms with Crippen LogP contribution in [0.15, 0.2) is 57.7 Å². The van der Waals surface area contributed by atoms with E-state index in [1.807, 2.05) is 35.2 Å². The van der Waals surface area contributed by atoms with Crippen LogP contribution < -0.4 is 0 Å². The third-order valence-electron chi connectivity index (χ3n) is 5.23. The summed E-state index contributed by atoms with van der Waals surface area (Å²) < 4.78 is 10.1. The Kier molecular flexibility index (Phi) is 4.94. The molecule has 2 aromatic carbocycles. The van der Waals surface area contributed by atoms with Crippen molar-refractivity contribution in [3.63, 3.8) is 0 Å². The van der Waals surface area contributed by atoms with Crippen LogP contribution in [0.3, 0.4) is 0 Å². The van der Waals surface area contributed by atoms with Crippen molar-refractivity contribution in [1.82, 2.24) is 30.3 Å². The van der Waals surface area contributed by atoms with Gasteiger partial charge in [0.15, 0.2) is 5.82 Å². The molecule has 1 aliphatic heterocycles. The molecule has 9 heteroatoms. The zero-order valence-corrected chi connectivity index (χ0v) is 16.3. The van der Waals surface area contributed by atoms with Gasteiger partial charge in [0.05, 0.1) is 6.54 Å². The lowest BCUT2D eigenvalue weighted by atomic mass is 10.1. The average Bonchev–Trinajstić information content (AvgIpc) is 3.39. The van der Waals surface area contributed by atoms with Gasteiger partial charge in [-0.05, 0) is 47.1 Å². The van der Waals surface area contributed by atoms with E-state index in [9.17, 15) is 4.79 Å². The van der Waals surface area contributed by atoms with Crippen molar-refractivity contribution < 1.29 is 13.9 Å². The Hall–Kier alpha value is -3.59. The summed E-state index contributed by atoms with van der Waals surface area (Å²) in [4.78, 5) is 21.6. The molecule has 0 atom stereocenters. The Morgan fingerprint density at radius 1 is 0.933 bits per heavy atom. The van der Waals surface area contributed by atoms with Gasteiger partial charge >= 0.3 is 0 Å². The Morgan fingerprint density at radius 2 is 1.80 bits per heavy atom. The summed E-state index contributed by atoms with van der Waals surface area (Å²) in [7, 11) is 0. The molecule has 0 N–H and O–H groups in total. The lowest BCUT2D eigenvalue weighted by Crippen LogP contribution is -2.35. The van der Waals surface area contributed by atoms with Crippen LogP contribution in [-0.2, 0) is 6.54 Å². The van der Waals surface area contributed by atoms with Gasteiger partial charge < -0.3 is 9.42 Å². The van der Waals surface area contributed by atoms with Crippen LogP contribution in [0.5, 0.6) is 0 Å². The molecule has 0 unspecified atom stereocenters. The molecule has 0 bridgehead atoms. The van der Waals surface area contributed by atoms with E-state index in [0.29, 0.717) is 47.9 Å². The lowest BCUT2D eigenvalue weighted by molar-refractivity contribution is 0.0761. The number of fused-ring (bicyclic) bond motifs is 1. The van der Waals surface area contributed by atoms with Crippen molar-refractivity contribution in [1.29, 1.82) is 0 Å². The monoisotopic (exact) mass is 404 g/mol. The topological polar surface area (TPSA) is 101 Å². The Balaban J connectivity index is 1.22. The normalized spacial score (nSPS) is 15.4. The minimum atomic E-state index is -0.00678. The first-order valence-electron chi connectivity index (χ1n) is 9.88. The highest BCUT2D eigenvalue weighted by Crippen LogP contribution is 2.18. The van der Waals surface area contributed by atoms with E-state index in [1.54, 1.807) is 18.2 Å². The molecule has 1 amide bonds. The molecule has 9 nitrogen and oxygen atoms in total. The Morgan fingerprint density at radius 3 is 2.70 bits per heavy atom. The van der Waals surface area contributed by atoms with Crippen LogP contribution >= 0.6 is 0 Å². The largest absolute Gasteiger partial charge is 0.337 e.